The van der Waals surface area contributed by atoms with Gasteiger partial charge in [-0.2, -0.15) is 0 Å². The average molecular weight is 302 g/mol. The first kappa shape index (κ1) is 15.8. The van der Waals surface area contributed by atoms with Gasteiger partial charge in [-0.3, -0.25) is 9.59 Å². The Morgan fingerprint density at radius 2 is 1.95 bits per heavy atom. The maximum absolute atomic E-state index is 12.5. The summed E-state index contributed by atoms with van der Waals surface area (Å²) in [5.41, 5.74) is 0.929. The third kappa shape index (κ3) is 3.52. The van der Waals surface area contributed by atoms with Crippen LogP contribution in [-0.4, -0.2) is 40.0 Å². The fraction of sp³-hybridized carbons (Fsp3) is 0.312. The number of aromatic nitrogens is 1. The minimum atomic E-state index is -1.05. The van der Waals surface area contributed by atoms with E-state index in [-0.39, 0.29) is 12.2 Å². The molecule has 0 aliphatic carbocycles. The zero-order chi connectivity index (χ0) is 16.1. The molecule has 22 heavy (non-hydrogen) atoms. The number of benzene rings is 1. The number of oxazole rings is 1. The van der Waals surface area contributed by atoms with Crippen LogP contribution in [0.25, 0.3) is 11.5 Å². The number of aryl methyl sites for hydroxylation is 1. The van der Waals surface area contributed by atoms with Gasteiger partial charge in [0.2, 0.25) is 5.89 Å². The van der Waals surface area contributed by atoms with Crippen LogP contribution in [0.3, 0.4) is 0 Å². The van der Waals surface area contributed by atoms with Gasteiger partial charge in [0.05, 0.1) is 0 Å². The first-order valence-electron chi connectivity index (χ1n) is 7.06. The van der Waals surface area contributed by atoms with Crippen molar-refractivity contribution >= 4 is 11.9 Å². The van der Waals surface area contributed by atoms with Crippen LogP contribution >= 0.6 is 0 Å². The van der Waals surface area contributed by atoms with Crippen molar-refractivity contribution in [3.63, 3.8) is 0 Å². The maximum atomic E-state index is 12.5. The number of hydrogen-bond donors (Lipinski definition) is 1. The highest BCUT2D eigenvalue weighted by atomic mass is 16.4. The second-order valence-electron chi connectivity index (χ2n) is 4.91. The summed E-state index contributed by atoms with van der Waals surface area (Å²) < 4.78 is 5.55. The van der Waals surface area contributed by atoms with Crippen molar-refractivity contribution in [2.75, 3.05) is 13.1 Å². The molecule has 1 aromatic carbocycles. The van der Waals surface area contributed by atoms with Gasteiger partial charge in [-0.25, -0.2) is 4.98 Å². The van der Waals surface area contributed by atoms with Crippen molar-refractivity contribution in [3.05, 3.63) is 41.8 Å². The number of amides is 1. The molecule has 2 aromatic rings. The normalized spacial score (nSPS) is 10.5. The molecule has 1 N–H and O–H groups in total. The van der Waals surface area contributed by atoms with Gasteiger partial charge in [-0.15, -0.1) is 0 Å². The third-order valence-corrected chi connectivity index (χ3v) is 3.13. The molecule has 0 spiro atoms. The lowest BCUT2D eigenvalue weighted by Gasteiger charge is -2.18. The van der Waals surface area contributed by atoms with E-state index in [2.05, 4.69) is 4.98 Å². The molecule has 0 bridgehead atoms. The van der Waals surface area contributed by atoms with Crippen LogP contribution in [0, 0.1) is 6.92 Å². The van der Waals surface area contributed by atoms with Crippen LogP contribution in [0.1, 0.15) is 29.6 Å². The van der Waals surface area contributed by atoms with E-state index in [1.807, 2.05) is 37.3 Å². The summed E-state index contributed by atoms with van der Waals surface area (Å²) in [6.45, 7) is 3.54. The molecule has 2 rings (SSSR count). The summed E-state index contributed by atoms with van der Waals surface area (Å²) in [6, 6.07) is 9.25. The van der Waals surface area contributed by atoms with Crippen molar-refractivity contribution in [2.45, 2.75) is 20.3 Å². The quantitative estimate of drug-likeness (QED) is 0.886. The fourth-order valence-electron chi connectivity index (χ4n) is 2.13. The van der Waals surface area contributed by atoms with E-state index in [4.69, 9.17) is 9.52 Å². The lowest BCUT2D eigenvalue weighted by molar-refractivity contribution is -0.137. The molecule has 6 heteroatoms. The molecule has 116 valence electrons. The molecule has 1 heterocycles. The zero-order valence-electron chi connectivity index (χ0n) is 12.6. The Labute approximate surface area is 128 Å². The molecule has 6 nitrogen and oxygen atoms in total. The summed E-state index contributed by atoms with van der Waals surface area (Å²) >= 11 is 0. The SMILES string of the molecule is CCCN(CC(=O)O)C(=O)c1nc(-c2ccccc2)oc1C. The highest BCUT2D eigenvalue weighted by molar-refractivity contribution is 5.95. The molecular formula is C16H18N2O4. The van der Waals surface area contributed by atoms with Gasteiger partial charge in [0.25, 0.3) is 5.91 Å². The van der Waals surface area contributed by atoms with Crippen molar-refractivity contribution in [1.29, 1.82) is 0 Å². The van der Waals surface area contributed by atoms with Gasteiger partial charge in [0.1, 0.15) is 12.3 Å². The van der Waals surface area contributed by atoms with Gasteiger partial charge in [-0.05, 0) is 25.5 Å². The molecule has 0 fully saturated rings. The summed E-state index contributed by atoms with van der Waals surface area (Å²) in [5, 5.41) is 8.92. The van der Waals surface area contributed by atoms with Crippen molar-refractivity contribution in [1.82, 2.24) is 9.88 Å². The van der Waals surface area contributed by atoms with Gasteiger partial charge in [-0.1, -0.05) is 25.1 Å². The van der Waals surface area contributed by atoms with E-state index in [9.17, 15) is 9.59 Å². The second kappa shape index (κ2) is 6.89. The van der Waals surface area contributed by atoms with Gasteiger partial charge < -0.3 is 14.4 Å². The lowest BCUT2D eigenvalue weighted by Crippen LogP contribution is -2.36. The van der Waals surface area contributed by atoms with Crippen LogP contribution in [-0.2, 0) is 4.79 Å². The first-order valence-corrected chi connectivity index (χ1v) is 7.06. The van der Waals surface area contributed by atoms with Crippen LogP contribution < -0.4 is 0 Å². The maximum Gasteiger partial charge on any atom is 0.323 e. The van der Waals surface area contributed by atoms with Crippen LogP contribution in [0.5, 0.6) is 0 Å². The molecule has 1 aromatic heterocycles. The molecule has 0 atom stereocenters. The molecule has 0 aliphatic rings. The summed E-state index contributed by atoms with van der Waals surface area (Å²) in [6.07, 6.45) is 0.668. The number of nitrogens with zero attached hydrogens (tertiary/aromatic N) is 2. The molecule has 0 radical (unpaired) electrons. The Hall–Kier alpha value is -2.63. The van der Waals surface area contributed by atoms with Crippen LogP contribution in [0.4, 0.5) is 0 Å². The third-order valence-electron chi connectivity index (χ3n) is 3.13. The Morgan fingerprint density at radius 1 is 1.27 bits per heavy atom. The number of hydrogen-bond acceptors (Lipinski definition) is 4. The van der Waals surface area contributed by atoms with Crippen LogP contribution in [0.2, 0.25) is 0 Å². The number of carboxylic acids is 1. The standard InChI is InChI=1S/C16H18N2O4/c1-3-9-18(10-13(19)20)16(21)14-11(2)22-15(17-14)12-7-5-4-6-8-12/h4-8H,3,9-10H2,1-2H3,(H,19,20). The van der Waals surface area contributed by atoms with E-state index in [0.29, 0.717) is 24.6 Å². The Kier molecular flexibility index (Phi) is 4.93. The molecular weight excluding hydrogens is 284 g/mol. The minimum absolute atomic E-state index is 0.161. The molecule has 0 aliphatic heterocycles. The Bertz CT molecular complexity index is 664. The number of carbonyl (C=O) groups is 2. The van der Waals surface area contributed by atoms with Gasteiger partial charge in [0.15, 0.2) is 5.69 Å². The smallest absolute Gasteiger partial charge is 0.323 e. The van der Waals surface area contributed by atoms with Gasteiger partial charge in [0, 0.05) is 12.1 Å². The summed E-state index contributed by atoms with van der Waals surface area (Å²) in [4.78, 5) is 28.9. The highest BCUT2D eigenvalue weighted by Gasteiger charge is 2.24. The predicted octanol–water partition coefficient (Wildman–Crippen LogP) is 2.59. The number of aliphatic carboxylic acids is 1. The highest BCUT2D eigenvalue weighted by Crippen LogP contribution is 2.22. The largest absolute Gasteiger partial charge is 0.480 e. The molecule has 1 amide bonds. The fourth-order valence-corrected chi connectivity index (χ4v) is 2.13. The minimum Gasteiger partial charge on any atom is -0.480 e. The van der Waals surface area contributed by atoms with Crippen molar-refractivity contribution < 1.29 is 19.1 Å². The number of rotatable bonds is 6. The van der Waals surface area contributed by atoms with Crippen LogP contribution in [0.15, 0.2) is 34.7 Å². The molecule has 0 unspecified atom stereocenters. The lowest BCUT2D eigenvalue weighted by atomic mass is 10.2. The Balaban J connectivity index is 2.29. The topological polar surface area (TPSA) is 83.6 Å². The molecule has 0 saturated carbocycles. The second-order valence-corrected chi connectivity index (χ2v) is 4.91. The van der Waals surface area contributed by atoms with E-state index in [1.54, 1.807) is 6.92 Å². The van der Waals surface area contributed by atoms with Crippen molar-refractivity contribution in [3.8, 4) is 11.5 Å². The average Bonchev–Trinajstić information content (AvgIpc) is 2.88. The summed E-state index contributed by atoms with van der Waals surface area (Å²) in [7, 11) is 0. The first-order chi connectivity index (χ1) is 10.5. The summed E-state index contributed by atoms with van der Waals surface area (Å²) in [5.74, 6) is -0.734. The van der Waals surface area contributed by atoms with Crippen molar-refractivity contribution in [2.24, 2.45) is 0 Å². The van der Waals surface area contributed by atoms with E-state index in [0.717, 1.165) is 5.56 Å². The Morgan fingerprint density at radius 3 is 2.55 bits per heavy atom. The van der Waals surface area contributed by atoms with E-state index in [1.165, 1.54) is 4.90 Å². The predicted molar refractivity (Wildman–Crippen MR) is 80.5 cm³/mol. The number of carboxylic acid groups (broad SMARTS) is 1. The molecule has 0 saturated heterocycles. The zero-order valence-corrected chi connectivity index (χ0v) is 12.6. The number of carbonyl (C=O) groups excluding carboxylic acids is 1. The van der Waals surface area contributed by atoms with E-state index >= 15 is 0 Å². The van der Waals surface area contributed by atoms with E-state index < -0.39 is 11.9 Å². The monoisotopic (exact) mass is 302 g/mol. The van der Waals surface area contributed by atoms with Gasteiger partial charge >= 0.3 is 5.97 Å².